The number of likely N-dealkylation sites (tertiary alicyclic amines) is 1. The van der Waals surface area contributed by atoms with Crippen LogP contribution in [0.15, 0.2) is 0 Å². The highest BCUT2D eigenvalue weighted by molar-refractivity contribution is 5.02. The van der Waals surface area contributed by atoms with Gasteiger partial charge in [-0.2, -0.15) is 5.26 Å². The lowest BCUT2D eigenvalue weighted by Crippen LogP contribution is -2.52. The lowest BCUT2D eigenvalue weighted by atomic mass is 9.49. The van der Waals surface area contributed by atoms with Gasteiger partial charge in [0, 0.05) is 13.0 Å². The predicted molar refractivity (Wildman–Crippen MR) is 80.0 cm³/mol. The first kappa shape index (κ1) is 13.1. The third kappa shape index (κ3) is 2.39. The molecule has 5 fully saturated rings. The highest BCUT2D eigenvalue weighted by atomic mass is 15.1. The van der Waals surface area contributed by atoms with Crippen LogP contribution in [-0.4, -0.2) is 24.5 Å². The largest absolute Gasteiger partial charge is 0.303 e. The van der Waals surface area contributed by atoms with Crippen molar-refractivity contribution in [2.45, 2.75) is 57.8 Å². The van der Waals surface area contributed by atoms with E-state index in [2.05, 4.69) is 11.0 Å². The first-order valence-corrected chi connectivity index (χ1v) is 8.84. The van der Waals surface area contributed by atoms with Crippen LogP contribution in [0.4, 0.5) is 0 Å². The molecule has 2 nitrogen and oxygen atoms in total. The average molecular weight is 272 g/mol. The summed E-state index contributed by atoms with van der Waals surface area (Å²) in [6.07, 6.45) is 12.6. The van der Waals surface area contributed by atoms with Crippen LogP contribution in [-0.2, 0) is 0 Å². The van der Waals surface area contributed by atoms with E-state index < -0.39 is 0 Å². The molecule has 1 aliphatic heterocycles. The molecule has 2 heteroatoms. The molecule has 4 aliphatic carbocycles. The highest BCUT2D eigenvalue weighted by Crippen LogP contribution is 2.60. The zero-order chi connectivity index (χ0) is 13.6. The third-order valence-corrected chi connectivity index (χ3v) is 6.81. The van der Waals surface area contributed by atoms with E-state index in [4.69, 9.17) is 5.26 Å². The first-order valence-electron chi connectivity index (χ1n) is 8.84. The molecule has 5 rings (SSSR count). The van der Waals surface area contributed by atoms with Gasteiger partial charge < -0.3 is 4.90 Å². The topological polar surface area (TPSA) is 27.0 Å². The summed E-state index contributed by atoms with van der Waals surface area (Å²) in [5.74, 6) is 3.93. The zero-order valence-corrected chi connectivity index (χ0v) is 12.7. The van der Waals surface area contributed by atoms with Crippen molar-refractivity contribution in [2.75, 3.05) is 19.6 Å². The maximum atomic E-state index is 8.83. The van der Waals surface area contributed by atoms with Gasteiger partial charge in [0.25, 0.3) is 0 Å². The second-order valence-electron chi connectivity index (χ2n) is 8.50. The zero-order valence-electron chi connectivity index (χ0n) is 12.7. The van der Waals surface area contributed by atoms with Gasteiger partial charge in [0.1, 0.15) is 0 Å². The molecule has 20 heavy (non-hydrogen) atoms. The van der Waals surface area contributed by atoms with Gasteiger partial charge >= 0.3 is 0 Å². The summed E-state index contributed by atoms with van der Waals surface area (Å²) in [4.78, 5) is 2.75. The van der Waals surface area contributed by atoms with Crippen LogP contribution in [0.2, 0.25) is 0 Å². The van der Waals surface area contributed by atoms with E-state index in [9.17, 15) is 0 Å². The summed E-state index contributed by atoms with van der Waals surface area (Å²) in [5.41, 5.74) is 0.705. The minimum Gasteiger partial charge on any atom is -0.303 e. The van der Waals surface area contributed by atoms with Crippen LogP contribution in [0.5, 0.6) is 0 Å². The molecule has 0 radical (unpaired) electrons. The van der Waals surface area contributed by atoms with Crippen LogP contribution in [0.1, 0.15) is 57.8 Å². The maximum Gasteiger partial charge on any atom is 0.0624 e. The van der Waals surface area contributed by atoms with Gasteiger partial charge in [0.15, 0.2) is 0 Å². The Morgan fingerprint density at radius 1 is 0.950 bits per heavy atom. The van der Waals surface area contributed by atoms with Crippen LogP contribution in [0, 0.1) is 40.4 Å². The Kier molecular flexibility index (Phi) is 3.30. The molecule has 0 aromatic carbocycles. The van der Waals surface area contributed by atoms with Gasteiger partial charge in [0.05, 0.1) is 6.07 Å². The van der Waals surface area contributed by atoms with Crippen LogP contribution in [0.25, 0.3) is 0 Å². The Morgan fingerprint density at radius 2 is 1.50 bits per heavy atom. The molecule has 4 bridgehead atoms. The van der Waals surface area contributed by atoms with Gasteiger partial charge in [-0.1, -0.05) is 0 Å². The average Bonchev–Trinajstić information content (AvgIpc) is 2.39. The predicted octanol–water partition coefficient (Wildman–Crippen LogP) is 3.83. The molecule has 5 aliphatic rings. The Hall–Kier alpha value is -0.550. The molecule has 4 saturated carbocycles. The molecular formula is C18H28N2. The van der Waals surface area contributed by atoms with Crippen molar-refractivity contribution in [1.82, 2.24) is 4.90 Å². The molecule has 0 aromatic heterocycles. The second kappa shape index (κ2) is 5.02. The minimum atomic E-state index is 0.688. The molecule has 0 unspecified atom stereocenters. The molecule has 110 valence electrons. The Bertz CT molecular complexity index is 365. The van der Waals surface area contributed by atoms with Gasteiger partial charge in [0.2, 0.25) is 0 Å². The second-order valence-corrected chi connectivity index (χ2v) is 8.50. The van der Waals surface area contributed by atoms with Gasteiger partial charge in [-0.05, 0) is 93.5 Å². The lowest BCUT2D eigenvalue weighted by molar-refractivity contribution is -0.0723. The quantitative estimate of drug-likeness (QED) is 0.780. The summed E-state index contributed by atoms with van der Waals surface area (Å²) in [6, 6.07) is 2.36. The van der Waals surface area contributed by atoms with E-state index in [1.54, 1.807) is 19.3 Å². The standard InChI is InChI=1S/C18H28N2/c19-4-1-14-2-5-20(6-3-14)13-18-10-15-7-16(11-18)9-17(8-15)12-18/h14-17H,1-3,5-13H2. The smallest absolute Gasteiger partial charge is 0.0624 e. The van der Waals surface area contributed by atoms with Crippen molar-refractivity contribution < 1.29 is 0 Å². The highest BCUT2D eigenvalue weighted by Gasteiger charge is 2.51. The third-order valence-electron chi connectivity index (χ3n) is 6.81. The summed E-state index contributed by atoms with van der Waals surface area (Å²) in [7, 11) is 0. The Morgan fingerprint density at radius 3 is 2.00 bits per heavy atom. The number of nitriles is 1. The normalized spacial score (nSPS) is 44.6. The number of rotatable bonds is 3. The minimum absolute atomic E-state index is 0.688. The van der Waals surface area contributed by atoms with Crippen molar-refractivity contribution in [2.24, 2.45) is 29.1 Å². The Labute approximate surface area is 123 Å². The fourth-order valence-electron chi connectivity index (χ4n) is 6.44. The van der Waals surface area contributed by atoms with Crippen molar-refractivity contribution in [1.29, 1.82) is 5.26 Å². The summed E-state index contributed by atoms with van der Waals surface area (Å²) in [5, 5.41) is 8.83. The number of nitrogens with zero attached hydrogens (tertiary/aromatic N) is 2. The van der Waals surface area contributed by atoms with E-state index in [1.807, 2.05) is 0 Å². The van der Waals surface area contributed by atoms with Gasteiger partial charge in [-0.3, -0.25) is 0 Å². The van der Waals surface area contributed by atoms with Gasteiger partial charge in [-0.25, -0.2) is 0 Å². The van der Waals surface area contributed by atoms with Gasteiger partial charge in [-0.15, -0.1) is 0 Å². The Balaban J connectivity index is 1.37. The van der Waals surface area contributed by atoms with E-state index >= 15 is 0 Å². The SMILES string of the molecule is N#CCC1CCN(CC23CC4CC(CC(C4)C2)C3)CC1. The fourth-order valence-corrected chi connectivity index (χ4v) is 6.44. The molecule has 1 saturated heterocycles. The lowest BCUT2D eigenvalue weighted by Gasteiger charge is -2.58. The fraction of sp³-hybridized carbons (Fsp3) is 0.944. The summed E-state index contributed by atoms with van der Waals surface area (Å²) >= 11 is 0. The summed E-state index contributed by atoms with van der Waals surface area (Å²) < 4.78 is 0. The summed E-state index contributed by atoms with van der Waals surface area (Å²) in [6.45, 7) is 3.90. The number of piperidine rings is 1. The number of hydrogen-bond acceptors (Lipinski definition) is 2. The van der Waals surface area contributed by atoms with Crippen LogP contribution >= 0.6 is 0 Å². The first-order chi connectivity index (χ1) is 9.75. The van der Waals surface area contributed by atoms with Crippen molar-refractivity contribution in [3.8, 4) is 6.07 Å². The van der Waals surface area contributed by atoms with Crippen molar-refractivity contribution in [3.05, 3.63) is 0 Å². The van der Waals surface area contributed by atoms with Crippen LogP contribution < -0.4 is 0 Å². The van der Waals surface area contributed by atoms with Crippen molar-refractivity contribution in [3.63, 3.8) is 0 Å². The molecule has 0 aromatic rings. The molecule has 0 N–H and O–H groups in total. The van der Waals surface area contributed by atoms with Crippen molar-refractivity contribution >= 4 is 0 Å². The molecule has 0 spiro atoms. The molecule has 0 atom stereocenters. The maximum absolute atomic E-state index is 8.83. The molecular weight excluding hydrogens is 244 g/mol. The van der Waals surface area contributed by atoms with E-state index in [0.29, 0.717) is 11.3 Å². The van der Waals surface area contributed by atoms with E-state index in [1.165, 1.54) is 51.7 Å². The molecule has 1 heterocycles. The van der Waals surface area contributed by atoms with E-state index in [-0.39, 0.29) is 0 Å². The number of hydrogen-bond donors (Lipinski definition) is 0. The van der Waals surface area contributed by atoms with Crippen LogP contribution in [0.3, 0.4) is 0 Å². The van der Waals surface area contributed by atoms with E-state index in [0.717, 1.165) is 24.2 Å². The molecule has 0 amide bonds. The monoisotopic (exact) mass is 272 g/mol.